The highest BCUT2D eigenvalue weighted by molar-refractivity contribution is 6.02. The Morgan fingerprint density at radius 1 is 1.32 bits per heavy atom. The normalized spacial score (nSPS) is 23.1. The summed E-state index contributed by atoms with van der Waals surface area (Å²) >= 11 is 0. The van der Waals surface area contributed by atoms with Gasteiger partial charge in [0, 0.05) is 42.8 Å². The monoisotopic (exact) mass is 419 g/mol. The van der Waals surface area contributed by atoms with Crippen LogP contribution in [0.5, 0.6) is 0 Å². The summed E-state index contributed by atoms with van der Waals surface area (Å²) < 4.78 is 5.71. The van der Waals surface area contributed by atoms with Crippen LogP contribution in [0.4, 0.5) is 0 Å². The van der Waals surface area contributed by atoms with E-state index in [2.05, 4.69) is 9.88 Å². The zero-order valence-electron chi connectivity index (χ0n) is 18.1. The number of carbonyl (C=O) groups excluding carboxylic acids is 1. The van der Waals surface area contributed by atoms with Gasteiger partial charge in [-0.2, -0.15) is 0 Å². The van der Waals surface area contributed by atoms with Gasteiger partial charge in [0.25, 0.3) is 0 Å². The molecule has 162 valence electrons. The van der Waals surface area contributed by atoms with Crippen molar-refractivity contribution in [2.45, 2.75) is 63.3 Å². The Morgan fingerprint density at radius 3 is 2.81 bits per heavy atom. The molecule has 3 aliphatic rings. The molecule has 1 aromatic heterocycles. The molecule has 0 saturated carbocycles. The average molecular weight is 420 g/mol. The Bertz CT molecular complexity index is 1010. The van der Waals surface area contributed by atoms with Gasteiger partial charge in [0.2, 0.25) is 0 Å². The fourth-order valence-electron chi connectivity index (χ4n) is 5.09. The average Bonchev–Trinajstić information content (AvgIpc) is 3.47. The zero-order chi connectivity index (χ0) is 21.6. The summed E-state index contributed by atoms with van der Waals surface area (Å²) in [6, 6.07) is 12.2. The lowest BCUT2D eigenvalue weighted by Crippen LogP contribution is -2.41. The number of rotatable bonds is 6. The van der Waals surface area contributed by atoms with Gasteiger partial charge in [-0.3, -0.25) is 14.8 Å². The largest absolute Gasteiger partial charge is 0.390 e. The van der Waals surface area contributed by atoms with E-state index in [-0.39, 0.29) is 24.5 Å². The lowest BCUT2D eigenvalue weighted by Gasteiger charge is -2.29. The quantitative estimate of drug-likeness (QED) is 0.779. The van der Waals surface area contributed by atoms with E-state index in [1.165, 1.54) is 0 Å². The topological polar surface area (TPSA) is 75.0 Å². The van der Waals surface area contributed by atoms with Crippen molar-refractivity contribution in [3.05, 3.63) is 65.0 Å². The molecule has 2 fully saturated rings. The predicted molar refractivity (Wildman–Crippen MR) is 118 cm³/mol. The van der Waals surface area contributed by atoms with Gasteiger partial charge < -0.3 is 14.7 Å². The van der Waals surface area contributed by atoms with Gasteiger partial charge in [-0.05, 0) is 37.5 Å². The van der Waals surface area contributed by atoms with E-state index < -0.39 is 5.60 Å². The van der Waals surface area contributed by atoms with Crippen molar-refractivity contribution in [1.82, 2.24) is 9.88 Å². The van der Waals surface area contributed by atoms with Gasteiger partial charge >= 0.3 is 0 Å². The van der Waals surface area contributed by atoms with Gasteiger partial charge in [-0.1, -0.05) is 30.3 Å². The third-order valence-electron chi connectivity index (χ3n) is 6.72. The number of carbonyl (C=O) groups is 1. The molecule has 2 aromatic rings. The molecule has 2 unspecified atom stereocenters. The highest BCUT2D eigenvalue weighted by atomic mass is 16.5. The number of ketones is 1. The second-order valence-electron chi connectivity index (χ2n) is 9.51. The molecule has 0 aliphatic carbocycles. The number of hydrogen-bond acceptors (Lipinski definition) is 6. The third kappa shape index (κ3) is 4.02. The highest BCUT2D eigenvalue weighted by Crippen LogP contribution is 2.33. The summed E-state index contributed by atoms with van der Waals surface area (Å²) in [6.45, 7) is 5.85. The van der Waals surface area contributed by atoms with Crippen molar-refractivity contribution < 1.29 is 14.6 Å². The Kier molecular flexibility index (Phi) is 5.15. The molecule has 6 heteroatoms. The Balaban J connectivity index is 1.27. The summed E-state index contributed by atoms with van der Waals surface area (Å²) in [7, 11) is 0. The maximum atomic E-state index is 12.9. The van der Waals surface area contributed by atoms with Gasteiger partial charge in [0.1, 0.15) is 11.6 Å². The lowest BCUT2D eigenvalue weighted by molar-refractivity contribution is -0.120. The molecule has 2 saturated heterocycles. The second-order valence-corrected chi connectivity index (χ2v) is 9.51. The van der Waals surface area contributed by atoms with Crippen molar-refractivity contribution in [3.8, 4) is 0 Å². The highest BCUT2D eigenvalue weighted by Gasteiger charge is 2.42. The number of fused-ring (bicyclic) bond motifs is 3. The molecule has 3 aliphatic heterocycles. The van der Waals surface area contributed by atoms with E-state index in [0.29, 0.717) is 18.7 Å². The first-order valence-corrected chi connectivity index (χ1v) is 11.1. The molecular weight excluding hydrogens is 390 g/mol. The number of nitrogens with zero attached hydrogens (tertiary/aromatic N) is 3. The molecule has 3 atom stereocenters. The summed E-state index contributed by atoms with van der Waals surface area (Å²) in [4.78, 5) is 24.6. The number of aliphatic imine (C=N–C) groups is 1. The third-order valence-corrected chi connectivity index (χ3v) is 6.72. The van der Waals surface area contributed by atoms with Crippen LogP contribution >= 0.6 is 0 Å². The van der Waals surface area contributed by atoms with Crippen molar-refractivity contribution >= 4 is 11.6 Å². The number of amidine groups is 1. The molecule has 1 aromatic carbocycles. The van der Waals surface area contributed by atoms with E-state index in [1.807, 2.05) is 42.6 Å². The number of hydrogen-bond donors (Lipinski definition) is 1. The second kappa shape index (κ2) is 7.84. The van der Waals surface area contributed by atoms with Crippen molar-refractivity contribution in [2.24, 2.45) is 4.99 Å². The number of aliphatic hydroxyl groups is 1. The predicted octanol–water partition coefficient (Wildman–Crippen LogP) is 2.87. The first-order chi connectivity index (χ1) is 14.9. The van der Waals surface area contributed by atoms with Gasteiger partial charge in [-0.25, -0.2) is 0 Å². The molecule has 6 nitrogen and oxygen atoms in total. The first kappa shape index (κ1) is 20.3. The Labute approximate surface area is 183 Å². The molecule has 5 rings (SSSR count). The van der Waals surface area contributed by atoms with E-state index in [1.54, 1.807) is 13.8 Å². The minimum atomic E-state index is -0.982. The van der Waals surface area contributed by atoms with Crippen molar-refractivity contribution in [2.75, 3.05) is 13.2 Å². The maximum absolute atomic E-state index is 12.9. The summed E-state index contributed by atoms with van der Waals surface area (Å²) in [5.74, 6) is 0.859. The maximum Gasteiger partial charge on any atom is 0.139 e. The number of likely N-dealkylation sites (tertiary alicyclic amines) is 1. The van der Waals surface area contributed by atoms with Crippen LogP contribution in [0.15, 0.2) is 47.6 Å². The molecule has 0 radical (unpaired) electrons. The van der Waals surface area contributed by atoms with E-state index >= 15 is 0 Å². The SMILES string of the molecule is CC(C)(O)[C@@H](CC(=O)Cc1cc2c(cn1)C(N1CC3CC1CO3)=NC2)c1ccccc1. The summed E-state index contributed by atoms with van der Waals surface area (Å²) in [5, 5.41) is 10.7. The fourth-order valence-corrected chi connectivity index (χ4v) is 5.09. The van der Waals surface area contributed by atoms with Crippen molar-refractivity contribution in [1.29, 1.82) is 0 Å². The number of pyridine rings is 1. The van der Waals surface area contributed by atoms with E-state index in [0.717, 1.165) is 47.8 Å². The number of ether oxygens (including phenoxy) is 1. The Hall–Kier alpha value is -2.57. The van der Waals surface area contributed by atoms with Crippen LogP contribution in [-0.4, -0.2) is 57.5 Å². The Morgan fingerprint density at radius 2 is 2.13 bits per heavy atom. The van der Waals surface area contributed by atoms with E-state index in [4.69, 9.17) is 9.73 Å². The molecule has 2 bridgehead atoms. The number of benzene rings is 1. The molecule has 31 heavy (non-hydrogen) atoms. The molecule has 0 amide bonds. The lowest BCUT2D eigenvalue weighted by atomic mass is 9.80. The number of morpholine rings is 1. The molecule has 1 N–H and O–H groups in total. The van der Waals surface area contributed by atoms with Crippen LogP contribution < -0.4 is 0 Å². The van der Waals surface area contributed by atoms with Crippen LogP contribution in [0.2, 0.25) is 0 Å². The smallest absolute Gasteiger partial charge is 0.139 e. The standard InChI is InChI=1S/C25H29N3O3/c1-25(2,30)23(16-6-4-3-5-7-16)11-20(29)9-18-8-17-12-27-24(22(17)13-26-18)28-14-21-10-19(28)15-31-21/h3-8,13,19,21,23,30H,9-12,14-15H2,1-2H3/t19?,21?,23-/m0/s1. The van der Waals surface area contributed by atoms with Crippen LogP contribution in [0.25, 0.3) is 0 Å². The molecular formula is C25H29N3O3. The minimum absolute atomic E-state index is 0.0802. The van der Waals surface area contributed by atoms with Crippen LogP contribution in [0, 0.1) is 0 Å². The van der Waals surface area contributed by atoms with Crippen LogP contribution in [0.1, 0.15) is 55.0 Å². The minimum Gasteiger partial charge on any atom is -0.390 e. The van der Waals surface area contributed by atoms with Crippen LogP contribution in [-0.2, 0) is 22.5 Å². The first-order valence-electron chi connectivity index (χ1n) is 11.1. The number of Topliss-reactive ketones (excluding diaryl/α,β-unsaturated/α-hetero) is 1. The van der Waals surface area contributed by atoms with Gasteiger partial charge in [0.15, 0.2) is 0 Å². The number of aromatic nitrogens is 1. The zero-order valence-corrected chi connectivity index (χ0v) is 18.1. The van der Waals surface area contributed by atoms with Gasteiger partial charge in [0.05, 0.1) is 30.9 Å². The molecule has 4 heterocycles. The fraction of sp³-hybridized carbons (Fsp3) is 0.480. The van der Waals surface area contributed by atoms with Crippen molar-refractivity contribution in [3.63, 3.8) is 0 Å². The van der Waals surface area contributed by atoms with Gasteiger partial charge in [-0.15, -0.1) is 0 Å². The molecule has 0 spiro atoms. The summed E-state index contributed by atoms with van der Waals surface area (Å²) in [5.41, 5.74) is 2.99. The summed E-state index contributed by atoms with van der Waals surface area (Å²) in [6.07, 6.45) is 3.84. The van der Waals surface area contributed by atoms with Crippen LogP contribution in [0.3, 0.4) is 0 Å². The van der Waals surface area contributed by atoms with E-state index in [9.17, 15) is 9.90 Å².